The van der Waals surface area contributed by atoms with Crippen molar-refractivity contribution in [3.63, 3.8) is 0 Å². The Labute approximate surface area is 174 Å². The topological polar surface area (TPSA) is 71.1 Å². The fraction of sp³-hybridized carbons (Fsp3) is 0.364. The van der Waals surface area contributed by atoms with Crippen molar-refractivity contribution in [1.29, 1.82) is 0 Å². The van der Waals surface area contributed by atoms with Crippen molar-refractivity contribution in [3.8, 4) is 0 Å². The molecule has 0 aliphatic carbocycles. The number of halogens is 1. The van der Waals surface area contributed by atoms with E-state index in [9.17, 15) is 9.59 Å². The van der Waals surface area contributed by atoms with Gasteiger partial charge >= 0.3 is 11.9 Å². The van der Waals surface area contributed by atoms with Crippen LogP contribution in [0.1, 0.15) is 22.8 Å². The lowest BCUT2D eigenvalue weighted by Gasteiger charge is -2.40. The van der Waals surface area contributed by atoms with Gasteiger partial charge in [0.15, 0.2) is 12.2 Å². The van der Waals surface area contributed by atoms with E-state index in [0.717, 1.165) is 5.56 Å². The molecule has 6 nitrogen and oxygen atoms in total. The predicted octanol–water partition coefficient (Wildman–Crippen LogP) is 3.37. The maximum atomic E-state index is 12.5. The van der Waals surface area contributed by atoms with Crippen LogP contribution in [-0.4, -0.2) is 48.8 Å². The van der Waals surface area contributed by atoms with Crippen molar-refractivity contribution < 1.29 is 28.5 Å². The zero-order chi connectivity index (χ0) is 20.6. The highest BCUT2D eigenvalue weighted by Crippen LogP contribution is 2.25. The SMILES string of the molecule is C[C@@H]1OC[C@H](OC(=O)c2ccccc2)[C@H](OC(=O)CCl)[C@H]1OCc1ccccc1. The molecule has 4 atom stereocenters. The molecular formula is C22H23ClO6. The molecule has 0 spiro atoms. The summed E-state index contributed by atoms with van der Waals surface area (Å²) < 4.78 is 22.9. The Hall–Kier alpha value is -2.41. The Morgan fingerprint density at radius 1 is 1.00 bits per heavy atom. The third-order valence-electron chi connectivity index (χ3n) is 4.61. The Kier molecular flexibility index (Phi) is 7.63. The number of esters is 2. The third-order valence-corrected chi connectivity index (χ3v) is 4.82. The highest BCUT2D eigenvalue weighted by atomic mass is 35.5. The predicted molar refractivity (Wildman–Crippen MR) is 107 cm³/mol. The van der Waals surface area contributed by atoms with Crippen LogP contribution in [0.4, 0.5) is 0 Å². The second kappa shape index (κ2) is 10.4. The Balaban J connectivity index is 1.75. The molecule has 0 N–H and O–H groups in total. The van der Waals surface area contributed by atoms with Gasteiger partial charge in [0, 0.05) is 0 Å². The van der Waals surface area contributed by atoms with Crippen LogP contribution >= 0.6 is 11.6 Å². The number of rotatable bonds is 7. The number of carbonyl (C=O) groups excluding carboxylic acids is 2. The smallest absolute Gasteiger partial charge is 0.338 e. The van der Waals surface area contributed by atoms with Crippen molar-refractivity contribution in [2.24, 2.45) is 0 Å². The van der Waals surface area contributed by atoms with Gasteiger partial charge in [0.1, 0.15) is 12.0 Å². The lowest BCUT2D eigenvalue weighted by molar-refractivity contribution is -0.217. The normalized spacial score (nSPS) is 23.9. The van der Waals surface area contributed by atoms with E-state index < -0.39 is 30.3 Å². The highest BCUT2D eigenvalue weighted by Gasteiger charge is 2.44. The molecule has 29 heavy (non-hydrogen) atoms. The van der Waals surface area contributed by atoms with Gasteiger partial charge in [-0.25, -0.2) is 4.79 Å². The number of hydrogen-bond acceptors (Lipinski definition) is 6. The molecule has 1 fully saturated rings. The molecule has 1 heterocycles. The van der Waals surface area contributed by atoms with Crippen molar-refractivity contribution in [1.82, 2.24) is 0 Å². The lowest BCUT2D eigenvalue weighted by atomic mass is 10.00. The van der Waals surface area contributed by atoms with E-state index in [2.05, 4.69) is 0 Å². The minimum Gasteiger partial charge on any atom is -0.455 e. The van der Waals surface area contributed by atoms with Gasteiger partial charge in [0.05, 0.1) is 24.9 Å². The standard InChI is InChI=1S/C22H23ClO6/c1-15-20(27-13-16-8-4-2-5-9-16)21(29-19(24)12-23)18(14-26-15)28-22(25)17-10-6-3-7-11-17/h2-11,15,18,20-21H,12-14H2,1H3/t15-,18-,20-,21-/m0/s1. The Morgan fingerprint density at radius 2 is 1.66 bits per heavy atom. The molecule has 0 saturated carbocycles. The van der Waals surface area contributed by atoms with E-state index in [4.69, 9.17) is 30.5 Å². The zero-order valence-corrected chi connectivity index (χ0v) is 16.8. The minimum atomic E-state index is -0.832. The van der Waals surface area contributed by atoms with Crippen LogP contribution in [-0.2, 0) is 30.3 Å². The van der Waals surface area contributed by atoms with E-state index in [1.165, 1.54) is 0 Å². The van der Waals surface area contributed by atoms with E-state index >= 15 is 0 Å². The highest BCUT2D eigenvalue weighted by molar-refractivity contribution is 6.26. The quantitative estimate of drug-likeness (QED) is 0.507. The van der Waals surface area contributed by atoms with Gasteiger partial charge in [-0.05, 0) is 24.6 Å². The van der Waals surface area contributed by atoms with Crippen LogP contribution in [0.5, 0.6) is 0 Å². The molecule has 2 aromatic carbocycles. The molecular weight excluding hydrogens is 396 g/mol. The van der Waals surface area contributed by atoms with E-state index in [-0.39, 0.29) is 18.6 Å². The largest absolute Gasteiger partial charge is 0.455 e. The summed E-state index contributed by atoms with van der Waals surface area (Å²) in [5, 5.41) is 0. The van der Waals surface area contributed by atoms with E-state index in [1.807, 2.05) is 37.3 Å². The fourth-order valence-corrected chi connectivity index (χ4v) is 3.18. The monoisotopic (exact) mass is 418 g/mol. The molecule has 0 unspecified atom stereocenters. The van der Waals surface area contributed by atoms with Crippen molar-refractivity contribution in [2.45, 2.75) is 37.9 Å². The van der Waals surface area contributed by atoms with Crippen LogP contribution in [0.25, 0.3) is 0 Å². The number of alkyl halides is 1. The van der Waals surface area contributed by atoms with Crippen molar-refractivity contribution in [3.05, 3.63) is 71.8 Å². The summed E-state index contributed by atoms with van der Waals surface area (Å²) in [7, 11) is 0. The average molecular weight is 419 g/mol. The first-order chi connectivity index (χ1) is 14.1. The first kappa shape index (κ1) is 21.3. The maximum absolute atomic E-state index is 12.5. The van der Waals surface area contributed by atoms with Crippen LogP contribution in [0.15, 0.2) is 60.7 Å². The summed E-state index contributed by atoms with van der Waals surface area (Å²) in [4.78, 5) is 24.4. The van der Waals surface area contributed by atoms with Crippen LogP contribution in [0.3, 0.4) is 0 Å². The summed E-state index contributed by atoms with van der Waals surface area (Å²) in [6.07, 6.45) is -2.63. The summed E-state index contributed by atoms with van der Waals surface area (Å²) in [5.74, 6) is -1.45. The van der Waals surface area contributed by atoms with Crippen LogP contribution < -0.4 is 0 Å². The van der Waals surface area contributed by atoms with Gasteiger partial charge in [0.25, 0.3) is 0 Å². The average Bonchev–Trinajstić information content (AvgIpc) is 2.76. The van der Waals surface area contributed by atoms with Gasteiger partial charge < -0.3 is 18.9 Å². The molecule has 154 valence electrons. The third kappa shape index (κ3) is 5.79. The fourth-order valence-electron chi connectivity index (χ4n) is 3.12. The lowest BCUT2D eigenvalue weighted by Crippen LogP contribution is -2.56. The summed E-state index contributed by atoms with van der Waals surface area (Å²) >= 11 is 5.62. The Morgan fingerprint density at radius 3 is 2.31 bits per heavy atom. The van der Waals surface area contributed by atoms with E-state index in [0.29, 0.717) is 12.2 Å². The Bertz CT molecular complexity index is 797. The molecule has 3 rings (SSSR count). The molecule has 0 amide bonds. The summed E-state index contributed by atoms with van der Waals surface area (Å²) in [6.45, 7) is 2.21. The van der Waals surface area contributed by atoms with E-state index in [1.54, 1.807) is 30.3 Å². The molecule has 1 saturated heterocycles. The molecule has 1 aliphatic heterocycles. The van der Waals surface area contributed by atoms with Crippen LogP contribution in [0, 0.1) is 0 Å². The second-order valence-electron chi connectivity index (χ2n) is 6.70. The van der Waals surface area contributed by atoms with Gasteiger partial charge in [-0.2, -0.15) is 0 Å². The number of carbonyl (C=O) groups is 2. The number of ether oxygens (including phenoxy) is 4. The van der Waals surface area contributed by atoms with Gasteiger partial charge in [-0.1, -0.05) is 48.5 Å². The summed E-state index contributed by atoms with van der Waals surface area (Å²) in [6, 6.07) is 18.2. The van der Waals surface area contributed by atoms with Gasteiger partial charge in [0.2, 0.25) is 0 Å². The molecule has 2 aromatic rings. The van der Waals surface area contributed by atoms with Gasteiger partial charge in [-0.15, -0.1) is 11.6 Å². The molecule has 0 radical (unpaired) electrons. The minimum absolute atomic E-state index is 0.0885. The zero-order valence-electron chi connectivity index (χ0n) is 16.0. The second-order valence-corrected chi connectivity index (χ2v) is 6.96. The molecule has 7 heteroatoms. The maximum Gasteiger partial charge on any atom is 0.338 e. The summed E-state index contributed by atoms with van der Waals surface area (Å²) in [5.41, 5.74) is 1.36. The first-order valence-electron chi connectivity index (χ1n) is 9.37. The number of benzene rings is 2. The number of hydrogen-bond donors (Lipinski definition) is 0. The van der Waals surface area contributed by atoms with Gasteiger partial charge in [-0.3, -0.25) is 4.79 Å². The molecule has 0 bridgehead atoms. The van der Waals surface area contributed by atoms with Crippen LogP contribution in [0.2, 0.25) is 0 Å². The molecule has 1 aliphatic rings. The first-order valence-corrected chi connectivity index (χ1v) is 9.90. The van der Waals surface area contributed by atoms with Crippen molar-refractivity contribution >= 4 is 23.5 Å². The molecule has 0 aromatic heterocycles. The van der Waals surface area contributed by atoms with Crippen molar-refractivity contribution in [2.75, 3.05) is 12.5 Å².